The first-order valence-electron chi connectivity index (χ1n) is 5.69. The number of hydrogen-bond donors (Lipinski definition) is 3. The van der Waals surface area contributed by atoms with E-state index in [1.165, 1.54) is 12.1 Å². The number of amides is 3. The van der Waals surface area contributed by atoms with Crippen LogP contribution in [0.15, 0.2) is 48.7 Å². The van der Waals surface area contributed by atoms with E-state index in [0.717, 1.165) is 4.31 Å². The van der Waals surface area contributed by atoms with E-state index in [-0.39, 0.29) is 0 Å². The normalized spacial score (nSPS) is 9.85. The summed E-state index contributed by atoms with van der Waals surface area (Å²) in [4.78, 5) is 26.9. The van der Waals surface area contributed by atoms with Crippen molar-refractivity contribution in [3.63, 3.8) is 0 Å². The van der Waals surface area contributed by atoms with Crippen LogP contribution in [0.3, 0.4) is 0 Å². The van der Waals surface area contributed by atoms with Gasteiger partial charge in [-0.15, -0.1) is 0 Å². The Kier molecular flexibility index (Phi) is 4.21. The maximum Gasteiger partial charge on any atom is 0.337 e. The van der Waals surface area contributed by atoms with Crippen LogP contribution in [0.1, 0.15) is 10.4 Å². The topological polar surface area (TPSA) is 88.3 Å². The molecule has 0 aliphatic carbocycles. The van der Waals surface area contributed by atoms with E-state index in [9.17, 15) is 9.59 Å². The first-order valence-corrected chi connectivity index (χ1v) is 6.09. The van der Waals surface area contributed by atoms with Crippen molar-refractivity contribution in [1.29, 1.82) is 0 Å². The van der Waals surface area contributed by atoms with Gasteiger partial charge in [0.25, 0.3) is 0 Å². The second-order valence-electron chi connectivity index (χ2n) is 3.87. The van der Waals surface area contributed by atoms with Crippen LogP contribution in [0.2, 0.25) is 0 Å². The Labute approximate surface area is 121 Å². The van der Waals surface area contributed by atoms with Crippen molar-refractivity contribution in [2.75, 3.05) is 9.62 Å². The lowest BCUT2D eigenvalue weighted by Crippen LogP contribution is -2.27. The molecule has 102 valence electrons. The number of carbonyl (C=O) groups excluding carboxylic acids is 2. The lowest BCUT2D eigenvalue weighted by molar-refractivity contribution is 0.100. The molecule has 0 radical (unpaired) electrons. The summed E-state index contributed by atoms with van der Waals surface area (Å²) in [6.07, 6.45) is 1.57. The Morgan fingerprint density at radius 1 is 1.15 bits per heavy atom. The zero-order valence-corrected chi connectivity index (χ0v) is 11.2. The Hall–Kier alpha value is -2.54. The molecule has 2 aromatic rings. The Morgan fingerprint density at radius 2 is 1.85 bits per heavy atom. The Bertz CT molecular complexity index is 616. The van der Waals surface area contributed by atoms with Crippen LogP contribution in [-0.4, -0.2) is 16.9 Å². The average molecular weight is 288 g/mol. The standard InChI is InChI=1S/C13H12N4O2S/c14-12(18)9-4-6-10(7-5-9)17(20)13(19)16-11-3-1-2-8-15-11/h1-8,20H,(H2,14,18)(H,15,16,19). The summed E-state index contributed by atoms with van der Waals surface area (Å²) in [5, 5.41) is 2.59. The first kappa shape index (κ1) is 13.9. The molecular formula is C13H12N4O2S. The second kappa shape index (κ2) is 6.07. The molecule has 0 atom stereocenters. The molecule has 0 aliphatic rings. The van der Waals surface area contributed by atoms with Gasteiger partial charge in [-0.3, -0.25) is 10.1 Å². The van der Waals surface area contributed by atoms with E-state index in [1.54, 1.807) is 36.5 Å². The summed E-state index contributed by atoms with van der Waals surface area (Å²) < 4.78 is 1.11. The Morgan fingerprint density at radius 3 is 2.40 bits per heavy atom. The van der Waals surface area contributed by atoms with Gasteiger partial charge in [-0.25, -0.2) is 14.1 Å². The van der Waals surface area contributed by atoms with E-state index in [0.29, 0.717) is 17.1 Å². The molecular weight excluding hydrogens is 276 g/mol. The number of hydrogen-bond acceptors (Lipinski definition) is 4. The van der Waals surface area contributed by atoms with Gasteiger partial charge in [0.05, 0.1) is 5.69 Å². The SMILES string of the molecule is NC(=O)c1ccc(N(S)C(=O)Nc2ccccn2)cc1. The van der Waals surface area contributed by atoms with E-state index in [2.05, 4.69) is 23.1 Å². The van der Waals surface area contributed by atoms with Crippen LogP contribution in [-0.2, 0) is 0 Å². The molecule has 6 nitrogen and oxygen atoms in total. The summed E-state index contributed by atoms with van der Waals surface area (Å²) in [6.45, 7) is 0. The zero-order valence-electron chi connectivity index (χ0n) is 10.4. The number of nitrogens with one attached hydrogen (secondary N) is 1. The van der Waals surface area contributed by atoms with E-state index in [1.807, 2.05) is 0 Å². The van der Waals surface area contributed by atoms with Crippen molar-refractivity contribution in [2.24, 2.45) is 5.73 Å². The molecule has 2 rings (SSSR count). The predicted molar refractivity (Wildman–Crippen MR) is 79.7 cm³/mol. The highest BCUT2D eigenvalue weighted by Gasteiger charge is 2.13. The van der Waals surface area contributed by atoms with Gasteiger partial charge in [0.15, 0.2) is 0 Å². The summed E-state index contributed by atoms with van der Waals surface area (Å²) in [6, 6.07) is 10.9. The molecule has 3 N–H and O–H groups in total. The number of carbonyl (C=O) groups is 2. The van der Waals surface area contributed by atoms with E-state index < -0.39 is 11.9 Å². The number of aromatic nitrogens is 1. The number of pyridine rings is 1. The molecule has 0 spiro atoms. The third kappa shape index (κ3) is 3.27. The van der Waals surface area contributed by atoms with Gasteiger partial charge < -0.3 is 5.73 Å². The molecule has 0 unspecified atom stereocenters. The molecule has 3 amide bonds. The summed E-state index contributed by atoms with van der Waals surface area (Å²) in [5.74, 6) is -0.106. The number of rotatable bonds is 3. The number of primary amides is 1. The molecule has 7 heteroatoms. The van der Waals surface area contributed by atoms with Crippen molar-refractivity contribution in [2.45, 2.75) is 0 Å². The molecule has 1 heterocycles. The number of thiol groups is 1. The van der Waals surface area contributed by atoms with Gasteiger partial charge in [0.1, 0.15) is 5.82 Å². The van der Waals surface area contributed by atoms with Crippen LogP contribution in [0.4, 0.5) is 16.3 Å². The van der Waals surface area contributed by atoms with Gasteiger partial charge in [-0.1, -0.05) is 18.9 Å². The lowest BCUT2D eigenvalue weighted by atomic mass is 10.2. The highest BCUT2D eigenvalue weighted by Crippen LogP contribution is 2.18. The van der Waals surface area contributed by atoms with Crippen LogP contribution in [0.25, 0.3) is 0 Å². The molecule has 1 aromatic carbocycles. The first-order chi connectivity index (χ1) is 9.58. The van der Waals surface area contributed by atoms with Crippen molar-refractivity contribution in [1.82, 2.24) is 4.98 Å². The molecule has 0 aliphatic heterocycles. The maximum absolute atomic E-state index is 11.9. The maximum atomic E-state index is 11.9. The smallest absolute Gasteiger partial charge is 0.337 e. The zero-order chi connectivity index (χ0) is 14.5. The Balaban J connectivity index is 2.08. The molecule has 20 heavy (non-hydrogen) atoms. The molecule has 1 aromatic heterocycles. The summed E-state index contributed by atoms with van der Waals surface area (Å²) in [5.41, 5.74) is 6.01. The average Bonchev–Trinajstić information content (AvgIpc) is 2.47. The fourth-order valence-corrected chi connectivity index (χ4v) is 1.67. The van der Waals surface area contributed by atoms with Gasteiger partial charge in [0.2, 0.25) is 5.91 Å². The number of anilines is 2. The number of urea groups is 1. The number of nitrogens with two attached hydrogens (primary N) is 1. The van der Waals surface area contributed by atoms with Crippen LogP contribution in [0.5, 0.6) is 0 Å². The quantitative estimate of drug-likeness (QED) is 0.755. The third-order valence-electron chi connectivity index (χ3n) is 2.49. The van der Waals surface area contributed by atoms with Gasteiger partial charge in [0, 0.05) is 11.8 Å². The third-order valence-corrected chi connectivity index (χ3v) is 2.90. The van der Waals surface area contributed by atoms with E-state index in [4.69, 9.17) is 5.73 Å². The molecule has 0 saturated heterocycles. The lowest BCUT2D eigenvalue weighted by Gasteiger charge is -2.16. The summed E-state index contributed by atoms with van der Waals surface area (Å²) >= 11 is 4.11. The minimum absolute atomic E-state index is 0.362. The van der Waals surface area contributed by atoms with Crippen LogP contribution < -0.4 is 15.4 Å². The molecule has 0 saturated carbocycles. The monoisotopic (exact) mass is 288 g/mol. The number of nitrogens with zero attached hydrogens (tertiary/aromatic N) is 2. The van der Waals surface area contributed by atoms with Gasteiger partial charge in [-0.05, 0) is 36.4 Å². The van der Waals surface area contributed by atoms with Crippen molar-refractivity contribution < 1.29 is 9.59 Å². The fraction of sp³-hybridized carbons (Fsp3) is 0. The van der Waals surface area contributed by atoms with E-state index >= 15 is 0 Å². The highest BCUT2D eigenvalue weighted by molar-refractivity contribution is 7.82. The molecule has 0 fully saturated rings. The summed E-state index contributed by atoms with van der Waals surface area (Å²) in [7, 11) is 0. The largest absolute Gasteiger partial charge is 0.366 e. The van der Waals surface area contributed by atoms with Crippen LogP contribution >= 0.6 is 12.8 Å². The number of benzene rings is 1. The fourth-order valence-electron chi connectivity index (χ4n) is 1.48. The van der Waals surface area contributed by atoms with Crippen LogP contribution in [0, 0.1) is 0 Å². The molecule has 0 bridgehead atoms. The van der Waals surface area contributed by atoms with Crippen molar-refractivity contribution >= 4 is 36.3 Å². The minimum Gasteiger partial charge on any atom is -0.366 e. The van der Waals surface area contributed by atoms with Gasteiger partial charge >= 0.3 is 6.03 Å². The predicted octanol–water partition coefficient (Wildman–Crippen LogP) is 2.06. The minimum atomic E-state index is -0.528. The second-order valence-corrected chi connectivity index (χ2v) is 4.27. The van der Waals surface area contributed by atoms with Gasteiger partial charge in [-0.2, -0.15) is 0 Å². The highest BCUT2D eigenvalue weighted by atomic mass is 32.1. The van der Waals surface area contributed by atoms with Crippen molar-refractivity contribution in [3.8, 4) is 0 Å². The van der Waals surface area contributed by atoms with Crippen molar-refractivity contribution in [3.05, 3.63) is 54.2 Å².